The van der Waals surface area contributed by atoms with E-state index in [1.165, 1.54) is 7.11 Å². The minimum absolute atomic E-state index is 0.177. The van der Waals surface area contributed by atoms with Crippen LogP contribution in [0.4, 0.5) is 5.95 Å². The molecule has 0 saturated heterocycles. The molecular weight excluding hydrogens is 372 g/mol. The van der Waals surface area contributed by atoms with E-state index in [9.17, 15) is 4.79 Å². The van der Waals surface area contributed by atoms with E-state index >= 15 is 0 Å². The Morgan fingerprint density at radius 2 is 1.97 bits per heavy atom. The third kappa shape index (κ3) is 2.80. The van der Waals surface area contributed by atoms with Crippen molar-refractivity contribution in [2.24, 2.45) is 0 Å². The van der Waals surface area contributed by atoms with Crippen molar-refractivity contribution in [3.8, 4) is 22.9 Å². The van der Waals surface area contributed by atoms with Gasteiger partial charge in [0, 0.05) is 11.3 Å². The molecule has 0 spiro atoms. The van der Waals surface area contributed by atoms with Crippen LogP contribution in [0.5, 0.6) is 11.5 Å². The summed E-state index contributed by atoms with van der Waals surface area (Å²) in [6, 6.07) is 14.8. The zero-order valence-corrected chi connectivity index (χ0v) is 15.9. The minimum atomic E-state index is -0.516. The summed E-state index contributed by atoms with van der Waals surface area (Å²) in [6.45, 7) is 2.00. The number of hydrogen-bond donors (Lipinski definition) is 1. The number of fused-ring (bicyclic) bond motifs is 2. The van der Waals surface area contributed by atoms with E-state index in [0.29, 0.717) is 34.5 Å². The molecule has 2 aromatic carbocycles. The minimum Gasteiger partial charge on any atom is -0.466 e. The van der Waals surface area contributed by atoms with Crippen LogP contribution in [0.3, 0.4) is 0 Å². The zero-order valence-electron chi connectivity index (χ0n) is 15.9. The highest BCUT2D eigenvalue weighted by Crippen LogP contribution is 2.41. The molecule has 1 atom stereocenters. The van der Waals surface area contributed by atoms with Gasteiger partial charge in [0.1, 0.15) is 6.04 Å². The first-order valence-corrected chi connectivity index (χ1v) is 9.13. The number of allylic oxidation sites excluding steroid dienone is 1. The van der Waals surface area contributed by atoms with Crippen LogP contribution in [0.25, 0.3) is 11.4 Å². The van der Waals surface area contributed by atoms with Gasteiger partial charge in [-0.2, -0.15) is 4.98 Å². The van der Waals surface area contributed by atoms with Gasteiger partial charge < -0.3 is 19.5 Å². The predicted molar refractivity (Wildman–Crippen MR) is 105 cm³/mol. The number of carbonyl (C=O) groups is 1. The molecule has 3 aromatic rings. The number of benzene rings is 2. The topological polar surface area (TPSA) is 87.5 Å². The largest absolute Gasteiger partial charge is 0.466 e. The molecule has 2 aliphatic rings. The molecule has 146 valence electrons. The zero-order chi connectivity index (χ0) is 20.0. The summed E-state index contributed by atoms with van der Waals surface area (Å²) in [5, 5.41) is 7.88. The SMILES string of the molecule is COC(=O)C1=C(C)Nc2nc(-c3ccccc3)nn2C1c1ccc2c(c1)OCO2. The molecule has 8 heteroatoms. The fourth-order valence-corrected chi connectivity index (χ4v) is 3.63. The lowest BCUT2D eigenvalue weighted by atomic mass is 9.95. The van der Waals surface area contributed by atoms with Crippen molar-refractivity contribution in [3.05, 3.63) is 65.4 Å². The highest BCUT2D eigenvalue weighted by molar-refractivity contribution is 5.92. The summed E-state index contributed by atoms with van der Waals surface area (Å²) >= 11 is 0. The summed E-state index contributed by atoms with van der Waals surface area (Å²) < 4.78 is 17.7. The van der Waals surface area contributed by atoms with Crippen LogP contribution < -0.4 is 14.8 Å². The van der Waals surface area contributed by atoms with Crippen molar-refractivity contribution < 1.29 is 19.0 Å². The van der Waals surface area contributed by atoms with E-state index in [1.807, 2.05) is 55.5 Å². The van der Waals surface area contributed by atoms with Crippen molar-refractivity contribution >= 4 is 11.9 Å². The fraction of sp³-hybridized carbons (Fsp3) is 0.190. The van der Waals surface area contributed by atoms with Gasteiger partial charge in [0.05, 0.1) is 12.7 Å². The summed E-state index contributed by atoms with van der Waals surface area (Å²) in [4.78, 5) is 17.3. The van der Waals surface area contributed by atoms with Gasteiger partial charge in [-0.1, -0.05) is 36.4 Å². The van der Waals surface area contributed by atoms with Gasteiger partial charge in [-0.3, -0.25) is 0 Å². The Hall–Kier alpha value is -3.81. The van der Waals surface area contributed by atoms with E-state index in [4.69, 9.17) is 19.3 Å². The highest BCUT2D eigenvalue weighted by Gasteiger charge is 2.35. The molecule has 1 N–H and O–H groups in total. The maximum absolute atomic E-state index is 12.6. The smallest absolute Gasteiger partial charge is 0.338 e. The van der Waals surface area contributed by atoms with Gasteiger partial charge in [-0.25, -0.2) is 9.48 Å². The van der Waals surface area contributed by atoms with E-state index < -0.39 is 12.0 Å². The lowest BCUT2D eigenvalue weighted by Gasteiger charge is -2.27. The summed E-state index contributed by atoms with van der Waals surface area (Å²) in [6.07, 6.45) is 0. The Morgan fingerprint density at radius 1 is 1.17 bits per heavy atom. The van der Waals surface area contributed by atoms with Crippen LogP contribution in [-0.4, -0.2) is 34.6 Å². The first-order chi connectivity index (χ1) is 14.2. The number of anilines is 1. The van der Waals surface area contributed by atoms with E-state index in [-0.39, 0.29) is 6.79 Å². The van der Waals surface area contributed by atoms with Crippen LogP contribution in [0.1, 0.15) is 18.5 Å². The van der Waals surface area contributed by atoms with Crippen molar-refractivity contribution in [3.63, 3.8) is 0 Å². The van der Waals surface area contributed by atoms with Crippen LogP contribution in [0, 0.1) is 0 Å². The third-order valence-corrected chi connectivity index (χ3v) is 5.00. The van der Waals surface area contributed by atoms with Crippen LogP contribution in [0.15, 0.2) is 59.8 Å². The number of carbonyl (C=O) groups excluding carboxylic acids is 1. The standard InChI is InChI=1S/C21H18N4O4/c1-12-17(20(26)27-2)18(14-8-9-15-16(10-14)29-11-28-15)25-21(22-12)23-19(24-25)13-6-4-3-5-7-13/h3-10,18H,11H2,1-2H3,(H,22,23,24). The molecule has 8 nitrogen and oxygen atoms in total. The Labute approximate surface area is 166 Å². The molecule has 0 saturated carbocycles. The van der Waals surface area contributed by atoms with Crippen molar-refractivity contribution in [1.29, 1.82) is 0 Å². The fourth-order valence-electron chi connectivity index (χ4n) is 3.63. The second-order valence-electron chi connectivity index (χ2n) is 6.74. The Morgan fingerprint density at radius 3 is 2.76 bits per heavy atom. The Kier molecular flexibility index (Phi) is 3.97. The third-order valence-electron chi connectivity index (χ3n) is 5.00. The molecule has 5 rings (SSSR count). The van der Waals surface area contributed by atoms with Gasteiger partial charge in [-0.05, 0) is 24.6 Å². The molecule has 0 radical (unpaired) electrons. The monoisotopic (exact) mass is 390 g/mol. The van der Waals surface area contributed by atoms with E-state index in [2.05, 4.69) is 10.3 Å². The van der Waals surface area contributed by atoms with Crippen LogP contribution in [0.2, 0.25) is 0 Å². The summed E-state index contributed by atoms with van der Waals surface area (Å²) in [5.41, 5.74) is 2.83. The van der Waals surface area contributed by atoms with E-state index in [1.54, 1.807) is 4.68 Å². The number of esters is 1. The van der Waals surface area contributed by atoms with Crippen molar-refractivity contribution in [1.82, 2.24) is 14.8 Å². The molecule has 2 aliphatic heterocycles. The maximum atomic E-state index is 12.6. The number of nitrogens with zero attached hydrogens (tertiary/aromatic N) is 3. The molecule has 0 fully saturated rings. The van der Waals surface area contributed by atoms with Gasteiger partial charge in [0.15, 0.2) is 17.3 Å². The first-order valence-electron chi connectivity index (χ1n) is 9.13. The van der Waals surface area contributed by atoms with Crippen LogP contribution >= 0.6 is 0 Å². The molecule has 1 unspecified atom stereocenters. The molecule has 1 aromatic heterocycles. The quantitative estimate of drug-likeness (QED) is 0.688. The van der Waals surface area contributed by atoms with Crippen LogP contribution in [-0.2, 0) is 9.53 Å². The molecule has 0 amide bonds. The van der Waals surface area contributed by atoms with Gasteiger partial charge >= 0.3 is 5.97 Å². The van der Waals surface area contributed by atoms with Gasteiger partial charge in [0.25, 0.3) is 0 Å². The Balaban J connectivity index is 1.67. The average Bonchev–Trinajstić information content (AvgIpc) is 3.39. The lowest BCUT2D eigenvalue weighted by molar-refractivity contribution is -0.136. The highest BCUT2D eigenvalue weighted by atomic mass is 16.7. The number of aromatic nitrogens is 3. The van der Waals surface area contributed by atoms with Gasteiger partial charge in [0.2, 0.25) is 12.7 Å². The Bertz CT molecular complexity index is 1140. The summed E-state index contributed by atoms with van der Waals surface area (Å²) in [5.74, 6) is 1.99. The predicted octanol–water partition coefficient (Wildman–Crippen LogP) is 3.14. The van der Waals surface area contributed by atoms with Crippen molar-refractivity contribution in [2.75, 3.05) is 19.2 Å². The summed E-state index contributed by atoms with van der Waals surface area (Å²) in [7, 11) is 1.37. The number of nitrogens with one attached hydrogen (secondary N) is 1. The maximum Gasteiger partial charge on any atom is 0.338 e. The van der Waals surface area contributed by atoms with Crippen molar-refractivity contribution in [2.45, 2.75) is 13.0 Å². The molecule has 0 aliphatic carbocycles. The molecule has 3 heterocycles. The molecule has 29 heavy (non-hydrogen) atoms. The number of ether oxygens (including phenoxy) is 3. The second kappa shape index (κ2) is 6.66. The molecular formula is C21H18N4O4. The van der Waals surface area contributed by atoms with Gasteiger partial charge in [-0.15, -0.1) is 5.10 Å². The first kappa shape index (κ1) is 17.3. The average molecular weight is 390 g/mol. The van der Waals surface area contributed by atoms with E-state index in [0.717, 1.165) is 11.1 Å². The number of methoxy groups -OCH3 is 1. The molecule has 0 bridgehead atoms. The number of rotatable bonds is 3. The second-order valence-corrected chi connectivity index (χ2v) is 6.74. The number of hydrogen-bond acceptors (Lipinski definition) is 7. The lowest BCUT2D eigenvalue weighted by Crippen LogP contribution is -2.29. The normalized spacial score (nSPS) is 17.0.